The Morgan fingerprint density at radius 3 is 2.43 bits per heavy atom. The second-order valence-electron chi connectivity index (χ2n) is 4.75. The smallest absolute Gasteiger partial charge is 0.0200 e. The Hall–Kier alpha value is -0.520. The molecule has 0 nitrogen and oxygen atoms in total. The summed E-state index contributed by atoms with van der Waals surface area (Å²) in [6, 6.07) is 0. The molecule has 2 aliphatic rings. The van der Waals surface area contributed by atoms with Gasteiger partial charge in [0.1, 0.15) is 0 Å². The van der Waals surface area contributed by atoms with Gasteiger partial charge in [0.15, 0.2) is 0 Å². The summed E-state index contributed by atoms with van der Waals surface area (Å²) in [5, 5.41) is 0. The summed E-state index contributed by atoms with van der Waals surface area (Å²) in [6.07, 6.45) is 16.1. The molecule has 0 N–H and O–H groups in total. The monoisotopic (exact) mass is 190 g/mol. The number of hydrogen-bond donors (Lipinski definition) is 0. The Bertz CT molecular complexity index is 239. The summed E-state index contributed by atoms with van der Waals surface area (Å²) >= 11 is 0. The van der Waals surface area contributed by atoms with Crippen molar-refractivity contribution >= 4 is 0 Å². The van der Waals surface area contributed by atoms with Crippen molar-refractivity contribution in [3.8, 4) is 0 Å². The van der Waals surface area contributed by atoms with E-state index in [0.29, 0.717) is 0 Å². The number of rotatable bonds is 2. The zero-order valence-corrected chi connectivity index (χ0v) is 9.39. The maximum absolute atomic E-state index is 2.43. The molecular formula is C14H22. The van der Waals surface area contributed by atoms with Crippen LogP contribution < -0.4 is 0 Å². The second kappa shape index (κ2) is 4.82. The van der Waals surface area contributed by atoms with Crippen LogP contribution in [0.4, 0.5) is 0 Å². The predicted molar refractivity (Wildman–Crippen MR) is 62.3 cm³/mol. The van der Waals surface area contributed by atoms with Gasteiger partial charge in [-0.15, -0.1) is 0 Å². The fourth-order valence-electron chi connectivity index (χ4n) is 2.80. The van der Waals surface area contributed by atoms with Crippen LogP contribution in [0, 0.1) is 5.92 Å². The molecule has 78 valence electrons. The van der Waals surface area contributed by atoms with Gasteiger partial charge < -0.3 is 0 Å². The average molecular weight is 190 g/mol. The van der Waals surface area contributed by atoms with E-state index in [1.807, 2.05) is 0 Å². The first-order valence-corrected chi connectivity index (χ1v) is 6.28. The Kier molecular flexibility index (Phi) is 3.44. The van der Waals surface area contributed by atoms with Crippen molar-refractivity contribution in [2.75, 3.05) is 0 Å². The highest BCUT2D eigenvalue weighted by Crippen LogP contribution is 2.34. The lowest BCUT2D eigenvalue weighted by molar-refractivity contribution is 0.393. The van der Waals surface area contributed by atoms with Gasteiger partial charge in [0, 0.05) is 0 Å². The van der Waals surface area contributed by atoms with Crippen molar-refractivity contribution in [3.63, 3.8) is 0 Å². The number of allylic oxidation sites excluding steroid dienone is 4. The molecule has 0 heteroatoms. The molecule has 0 bridgehead atoms. The topological polar surface area (TPSA) is 0 Å². The van der Waals surface area contributed by atoms with E-state index in [0.717, 1.165) is 5.92 Å². The van der Waals surface area contributed by atoms with Gasteiger partial charge in [-0.1, -0.05) is 49.5 Å². The molecule has 0 radical (unpaired) electrons. The van der Waals surface area contributed by atoms with E-state index < -0.39 is 0 Å². The third kappa shape index (κ3) is 2.29. The van der Waals surface area contributed by atoms with Crippen LogP contribution in [0.2, 0.25) is 0 Å². The van der Waals surface area contributed by atoms with Crippen molar-refractivity contribution in [3.05, 3.63) is 23.3 Å². The minimum Gasteiger partial charge on any atom is -0.0702 e. The lowest BCUT2D eigenvalue weighted by Crippen LogP contribution is -2.10. The van der Waals surface area contributed by atoms with Crippen molar-refractivity contribution in [1.82, 2.24) is 0 Å². The van der Waals surface area contributed by atoms with E-state index in [9.17, 15) is 0 Å². The molecule has 0 aromatic heterocycles. The largest absolute Gasteiger partial charge is 0.0702 e. The summed E-state index contributed by atoms with van der Waals surface area (Å²) in [5.41, 5.74) is 3.39. The van der Waals surface area contributed by atoms with E-state index in [2.05, 4.69) is 19.1 Å². The molecule has 0 aromatic rings. The highest BCUT2D eigenvalue weighted by atomic mass is 14.2. The molecule has 0 atom stereocenters. The molecule has 0 saturated heterocycles. The molecule has 2 aliphatic carbocycles. The Labute approximate surface area is 88.1 Å². The minimum atomic E-state index is 0.943. The zero-order valence-electron chi connectivity index (χ0n) is 9.39. The summed E-state index contributed by atoms with van der Waals surface area (Å²) in [4.78, 5) is 0. The van der Waals surface area contributed by atoms with Crippen LogP contribution in [0.25, 0.3) is 0 Å². The molecule has 0 spiro atoms. The minimum absolute atomic E-state index is 0.943. The first kappa shape index (κ1) is 10.0. The van der Waals surface area contributed by atoms with Crippen LogP contribution in [0.5, 0.6) is 0 Å². The first-order valence-electron chi connectivity index (χ1n) is 6.28. The molecule has 0 aliphatic heterocycles. The average Bonchev–Trinajstić information content (AvgIpc) is 2.30. The lowest BCUT2D eigenvalue weighted by atomic mass is 9.80. The van der Waals surface area contributed by atoms with Gasteiger partial charge in [-0.05, 0) is 38.0 Å². The maximum Gasteiger partial charge on any atom is -0.0200 e. The first-order chi connectivity index (χ1) is 6.90. The molecule has 0 aromatic carbocycles. The fourth-order valence-corrected chi connectivity index (χ4v) is 2.80. The SMILES string of the molecule is CCC1=CC=C(C2CCCCC2)CC1. The quantitative estimate of drug-likeness (QED) is 0.596. The van der Waals surface area contributed by atoms with E-state index in [1.54, 1.807) is 11.1 Å². The summed E-state index contributed by atoms with van der Waals surface area (Å²) < 4.78 is 0. The zero-order chi connectivity index (χ0) is 9.80. The van der Waals surface area contributed by atoms with Gasteiger partial charge in [0.05, 0.1) is 0 Å². The standard InChI is InChI=1S/C14H22/c1-2-12-8-10-14(11-9-12)13-6-4-3-5-7-13/h8,10,13H,2-7,9,11H2,1H3. The highest BCUT2D eigenvalue weighted by molar-refractivity contribution is 5.25. The summed E-state index contributed by atoms with van der Waals surface area (Å²) in [6.45, 7) is 2.27. The van der Waals surface area contributed by atoms with Crippen LogP contribution in [-0.4, -0.2) is 0 Å². The molecule has 1 saturated carbocycles. The predicted octanol–water partition coefficient (Wildman–Crippen LogP) is 4.62. The Balaban J connectivity index is 1.97. The van der Waals surface area contributed by atoms with Crippen molar-refractivity contribution in [1.29, 1.82) is 0 Å². The van der Waals surface area contributed by atoms with Crippen molar-refractivity contribution in [2.24, 2.45) is 5.92 Å². The Morgan fingerprint density at radius 2 is 1.86 bits per heavy atom. The maximum atomic E-state index is 2.43. The Morgan fingerprint density at radius 1 is 1.07 bits per heavy atom. The van der Waals surface area contributed by atoms with E-state index >= 15 is 0 Å². The third-order valence-corrected chi connectivity index (χ3v) is 3.85. The van der Waals surface area contributed by atoms with Crippen molar-refractivity contribution < 1.29 is 0 Å². The van der Waals surface area contributed by atoms with Gasteiger partial charge in [-0.25, -0.2) is 0 Å². The van der Waals surface area contributed by atoms with Crippen LogP contribution in [-0.2, 0) is 0 Å². The van der Waals surface area contributed by atoms with E-state index in [4.69, 9.17) is 0 Å². The van der Waals surface area contributed by atoms with Gasteiger partial charge in [-0.2, -0.15) is 0 Å². The second-order valence-corrected chi connectivity index (χ2v) is 4.75. The molecule has 14 heavy (non-hydrogen) atoms. The molecule has 2 rings (SSSR count). The van der Waals surface area contributed by atoms with Gasteiger partial charge >= 0.3 is 0 Å². The van der Waals surface area contributed by atoms with Gasteiger partial charge in [-0.3, -0.25) is 0 Å². The van der Waals surface area contributed by atoms with E-state index in [-0.39, 0.29) is 0 Å². The van der Waals surface area contributed by atoms with Crippen LogP contribution >= 0.6 is 0 Å². The molecular weight excluding hydrogens is 168 g/mol. The normalized spacial score (nSPS) is 24.4. The van der Waals surface area contributed by atoms with Crippen LogP contribution in [0.3, 0.4) is 0 Å². The summed E-state index contributed by atoms with van der Waals surface area (Å²) in [7, 11) is 0. The van der Waals surface area contributed by atoms with Crippen LogP contribution in [0.1, 0.15) is 58.3 Å². The third-order valence-electron chi connectivity index (χ3n) is 3.85. The summed E-state index contributed by atoms with van der Waals surface area (Å²) in [5.74, 6) is 0.943. The highest BCUT2D eigenvalue weighted by Gasteiger charge is 2.18. The molecule has 1 fully saturated rings. The van der Waals surface area contributed by atoms with Gasteiger partial charge in [0.25, 0.3) is 0 Å². The number of hydrogen-bond acceptors (Lipinski definition) is 0. The fraction of sp³-hybridized carbons (Fsp3) is 0.714. The van der Waals surface area contributed by atoms with E-state index in [1.165, 1.54) is 51.4 Å². The lowest BCUT2D eigenvalue weighted by Gasteiger charge is -2.26. The van der Waals surface area contributed by atoms with Crippen LogP contribution in [0.15, 0.2) is 23.3 Å². The molecule has 0 amide bonds. The molecule has 0 heterocycles. The van der Waals surface area contributed by atoms with Gasteiger partial charge in [0.2, 0.25) is 0 Å². The van der Waals surface area contributed by atoms with Crippen molar-refractivity contribution in [2.45, 2.75) is 58.3 Å². The molecule has 0 unspecified atom stereocenters.